The molecule has 0 aliphatic heterocycles. The van der Waals surface area contributed by atoms with Crippen LogP contribution < -0.4 is 5.32 Å². The molecule has 1 amide bonds. The average Bonchev–Trinajstić information content (AvgIpc) is 2.78. The lowest BCUT2D eigenvalue weighted by Gasteiger charge is -2.11. The molecule has 0 aromatic heterocycles. The van der Waals surface area contributed by atoms with E-state index in [1.165, 1.54) is 16.7 Å². The summed E-state index contributed by atoms with van der Waals surface area (Å²) in [6, 6.07) is 8.56. The average molecular weight is 281 g/mol. The van der Waals surface area contributed by atoms with Crippen molar-refractivity contribution >= 4 is 12.0 Å². The predicted molar refractivity (Wildman–Crippen MR) is 88.7 cm³/mol. The van der Waals surface area contributed by atoms with E-state index in [9.17, 15) is 4.79 Å². The Morgan fingerprint density at radius 2 is 2.05 bits per heavy atom. The Labute approximate surface area is 127 Å². The van der Waals surface area contributed by atoms with E-state index in [0.717, 1.165) is 6.42 Å². The van der Waals surface area contributed by atoms with Crippen LogP contribution in [0.4, 0.5) is 0 Å². The van der Waals surface area contributed by atoms with E-state index >= 15 is 0 Å². The zero-order valence-corrected chi connectivity index (χ0v) is 13.0. The van der Waals surface area contributed by atoms with Gasteiger partial charge >= 0.3 is 0 Å². The third-order valence-electron chi connectivity index (χ3n) is 3.77. The number of fused-ring (bicyclic) bond motifs is 1. The Morgan fingerprint density at radius 1 is 1.29 bits per heavy atom. The van der Waals surface area contributed by atoms with Crippen LogP contribution in [-0.2, 0) is 4.79 Å². The number of hydrogen-bond acceptors (Lipinski definition) is 1. The summed E-state index contributed by atoms with van der Waals surface area (Å²) in [5.74, 6) is 0.542. The molecule has 1 aliphatic carbocycles. The van der Waals surface area contributed by atoms with Gasteiger partial charge in [0.2, 0.25) is 5.91 Å². The molecule has 1 aromatic rings. The van der Waals surface area contributed by atoms with Crippen molar-refractivity contribution in [3.8, 4) is 0 Å². The number of carbonyl (C=O) groups excluding carboxylic acids is 1. The molecule has 0 heterocycles. The van der Waals surface area contributed by atoms with Gasteiger partial charge in [-0.1, -0.05) is 61.9 Å². The molecule has 110 valence electrons. The lowest BCUT2D eigenvalue weighted by atomic mass is 9.93. The van der Waals surface area contributed by atoms with Gasteiger partial charge in [-0.15, -0.1) is 0 Å². The van der Waals surface area contributed by atoms with Gasteiger partial charge in [-0.2, -0.15) is 0 Å². The maximum absolute atomic E-state index is 11.4. The topological polar surface area (TPSA) is 29.1 Å². The highest BCUT2D eigenvalue weighted by Gasteiger charge is 2.20. The molecule has 1 N–H and O–H groups in total. The number of hydrogen-bond donors (Lipinski definition) is 1. The highest BCUT2D eigenvalue weighted by Crippen LogP contribution is 2.38. The summed E-state index contributed by atoms with van der Waals surface area (Å²) in [6.07, 6.45) is 11.0. The van der Waals surface area contributed by atoms with Gasteiger partial charge in [-0.05, 0) is 30.5 Å². The summed E-state index contributed by atoms with van der Waals surface area (Å²) in [5, 5.41) is 2.75. The third kappa shape index (κ3) is 3.94. The minimum absolute atomic E-state index is 0.0152. The first-order chi connectivity index (χ1) is 10.1. The molecule has 1 unspecified atom stereocenters. The lowest BCUT2D eigenvalue weighted by Crippen LogP contribution is -2.22. The van der Waals surface area contributed by atoms with Gasteiger partial charge in [0.05, 0.1) is 0 Å². The monoisotopic (exact) mass is 281 g/mol. The van der Waals surface area contributed by atoms with Crippen molar-refractivity contribution in [2.45, 2.75) is 33.1 Å². The van der Waals surface area contributed by atoms with E-state index < -0.39 is 0 Å². The van der Waals surface area contributed by atoms with E-state index in [0.29, 0.717) is 5.92 Å². The summed E-state index contributed by atoms with van der Waals surface area (Å²) in [5.41, 5.74) is 4.17. The number of rotatable bonds is 5. The fraction of sp³-hybridized carbons (Fsp3) is 0.316. The Balaban J connectivity index is 1.87. The van der Waals surface area contributed by atoms with Gasteiger partial charge in [0, 0.05) is 18.0 Å². The van der Waals surface area contributed by atoms with E-state index in [-0.39, 0.29) is 11.8 Å². The van der Waals surface area contributed by atoms with Crippen molar-refractivity contribution in [2.24, 2.45) is 5.92 Å². The first-order valence-electron chi connectivity index (χ1n) is 7.48. The highest BCUT2D eigenvalue weighted by molar-refractivity contribution is 5.78. The molecule has 2 heteroatoms. The zero-order valence-electron chi connectivity index (χ0n) is 13.0. The van der Waals surface area contributed by atoms with E-state index in [2.05, 4.69) is 48.7 Å². The van der Waals surface area contributed by atoms with Crippen molar-refractivity contribution < 1.29 is 4.79 Å². The molecule has 0 saturated carbocycles. The second kappa shape index (κ2) is 7.07. The quantitative estimate of drug-likeness (QED) is 0.795. The minimum Gasteiger partial charge on any atom is -0.332 e. The number of nitrogens with one attached hydrogen (secondary N) is 1. The Bertz CT molecular complexity index is 593. The third-order valence-corrected chi connectivity index (χ3v) is 3.77. The fourth-order valence-corrected chi connectivity index (χ4v) is 2.51. The fourth-order valence-electron chi connectivity index (χ4n) is 2.51. The maximum atomic E-state index is 11.4. The lowest BCUT2D eigenvalue weighted by molar-refractivity contribution is -0.123. The van der Waals surface area contributed by atoms with E-state index in [1.807, 2.05) is 26.0 Å². The summed E-state index contributed by atoms with van der Waals surface area (Å²) in [4.78, 5) is 11.4. The van der Waals surface area contributed by atoms with Crippen molar-refractivity contribution in [3.05, 3.63) is 65.4 Å². The van der Waals surface area contributed by atoms with Gasteiger partial charge in [0.1, 0.15) is 0 Å². The standard InChI is InChI=1S/C19H23NO/c1-14(2)19(21)20-12-8-4-5-10-17-15(3)13-16-9-6-7-11-18(16)17/h4-9,11-14,17H,10H2,1-3H3,(H,20,21). The molecule has 21 heavy (non-hydrogen) atoms. The molecule has 1 aliphatic rings. The predicted octanol–water partition coefficient (Wildman–Crippen LogP) is 4.42. The van der Waals surface area contributed by atoms with Crippen LogP contribution in [0.15, 0.2) is 54.3 Å². The molecule has 2 nitrogen and oxygen atoms in total. The zero-order chi connectivity index (χ0) is 15.2. The summed E-state index contributed by atoms with van der Waals surface area (Å²) in [6.45, 7) is 5.95. The molecule has 0 spiro atoms. The van der Waals surface area contributed by atoms with Gasteiger partial charge in [-0.25, -0.2) is 0 Å². The largest absolute Gasteiger partial charge is 0.332 e. The van der Waals surface area contributed by atoms with Crippen LogP contribution in [0.1, 0.15) is 44.2 Å². The van der Waals surface area contributed by atoms with Crippen LogP contribution in [0.25, 0.3) is 6.08 Å². The molecule has 0 bridgehead atoms. The highest BCUT2D eigenvalue weighted by atomic mass is 16.1. The van der Waals surface area contributed by atoms with Gasteiger partial charge in [0.15, 0.2) is 0 Å². The van der Waals surface area contributed by atoms with Crippen molar-refractivity contribution in [1.29, 1.82) is 0 Å². The molecule has 0 saturated heterocycles. The number of allylic oxidation sites excluding steroid dienone is 4. The molecular formula is C19H23NO. The van der Waals surface area contributed by atoms with Crippen LogP contribution >= 0.6 is 0 Å². The van der Waals surface area contributed by atoms with Crippen molar-refractivity contribution in [3.63, 3.8) is 0 Å². The first-order valence-corrected chi connectivity index (χ1v) is 7.48. The molecule has 0 fully saturated rings. The van der Waals surface area contributed by atoms with Crippen molar-refractivity contribution in [1.82, 2.24) is 5.32 Å². The van der Waals surface area contributed by atoms with E-state index in [4.69, 9.17) is 0 Å². The smallest absolute Gasteiger partial charge is 0.226 e. The summed E-state index contributed by atoms with van der Waals surface area (Å²) >= 11 is 0. The first kappa shape index (κ1) is 15.3. The minimum atomic E-state index is 0.0152. The van der Waals surface area contributed by atoms with Crippen LogP contribution in [0.5, 0.6) is 0 Å². The normalized spacial score (nSPS) is 17.5. The molecule has 1 atom stereocenters. The summed E-state index contributed by atoms with van der Waals surface area (Å²) in [7, 11) is 0. The number of benzene rings is 1. The second-order valence-corrected chi connectivity index (χ2v) is 5.76. The number of carbonyl (C=O) groups is 1. The maximum Gasteiger partial charge on any atom is 0.226 e. The van der Waals surface area contributed by atoms with Crippen LogP contribution in [0.3, 0.4) is 0 Å². The molecule has 0 radical (unpaired) electrons. The van der Waals surface area contributed by atoms with E-state index in [1.54, 1.807) is 6.20 Å². The summed E-state index contributed by atoms with van der Waals surface area (Å²) < 4.78 is 0. The van der Waals surface area contributed by atoms with Gasteiger partial charge in [-0.3, -0.25) is 4.79 Å². The number of amides is 1. The molecular weight excluding hydrogens is 258 g/mol. The van der Waals surface area contributed by atoms with Crippen molar-refractivity contribution in [2.75, 3.05) is 0 Å². The Morgan fingerprint density at radius 3 is 2.81 bits per heavy atom. The molecule has 2 rings (SSSR count). The Hall–Kier alpha value is -2.09. The van der Waals surface area contributed by atoms with Crippen LogP contribution in [0.2, 0.25) is 0 Å². The molecule has 1 aromatic carbocycles. The van der Waals surface area contributed by atoms with Crippen LogP contribution in [0, 0.1) is 5.92 Å². The van der Waals surface area contributed by atoms with Crippen LogP contribution in [-0.4, -0.2) is 5.91 Å². The van der Waals surface area contributed by atoms with Gasteiger partial charge < -0.3 is 5.32 Å². The Kier molecular flexibility index (Phi) is 5.15. The van der Waals surface area contributed by atoms with Gasteiger partial charge in [0.25, 0.3) is 0 Å². The SMILES string of the molecule is CC1=Cc2ccccc2C1CC=CC=CNC(=O)C(C)C. The second-order valence-electron chi connectivity index (χ2n) is 5.76.